The Hall–Kier alpha value is -2.56. The van der Waals surface area contributed by atoms with Gasteiger partial charge in [0, 0.05) is 28.4 Å². The Balaban J connectivity index is 2.07. The van der Waals surface area contributed by atoms with Crippen molar-refractivity contribution in [3.8, 4) is 0 Å². The molecule has 1 aromatic heterocycles. The highest BCUT2D eigenvalue weighted by Gasteiger charge is 2.30. The molecule has 1 fully saturated rings. The lowest BCUT2D eigenvalue weighted by Gasteiger charge is -2.26. The van der Waals surface area contributed by atoms with Gasteiger partial charge >= 0.3 is 0 Å². The fourth-order valence-electron chi connectivity index (χ4n) is 3.01. The van der Waals surface area contributed by atoms with Crippen LogP contribution in [0.4, 0.5) is 0 Å². The van der Waals surface area contributed by atoms with Gasteiger partial charge in [0.05, 0.1) is 6.54 Å². The topological polar surface area (TPSA) is 74.0 Å². The first kappa shape index (κ1) is 15.3. The average Bonchev–Trinajstić information content (AvgIpc) is 2.91. The zero-order chi connectivity index (χ0) is 16.6. The third kappa shape index (κ3) is 2.74. The van der Waals surface area contributed by atoms with E-state index in [9.17, 15) is 9.59 Å². The van der Waals surface area contributed by atoms with Crippen molar-refractivity contribution in [1.29, 1.82) is 0 Å². The van der Waals surface area contributed by atoms with Crippen LogP contribution < -0.4 is 10.6 Å². The molecule has 0 saturated carbocycles. The van der Waals surface area contributed by atoms with E-state index in [4.69, 9.17) is 0 Å². The highest BCUT2D eigenvalue weighted by molar-refractivity contribution is 5.95. The van der Waals surface area contributed by atoms with E-state index >= 15 is 0 Å². The summed E-state index contributed by atoms with van der Waals surface area (Å²) in [4.78, 5) is 27.1. The Kier molecular flexibility index (Phi) is 3.72. The van der Waals surface area contributed by atoms with Gasteiger partial charge in [-0.2, -0.15) is 0 Å². The van der Waals surface area contributed by atoms with Crippen LogP contribution in [0.25, 0.3) is 10.9 Å². The van der Waals surface area contributed by atoms with E-state index in [0.29, 0.717) is 6.42 Å². The van der Waals surface area contributed by atoms with E-state index in [-0.39, 0.29) is 23.8 Å². The number of H-pyrrole nitrogens is 1. The highest BCUT2D eigenvalue weighted by atomic mass is 16.2. The number of hydrogen-bond donors (Lipinski definition) is 3. The van der Waals surface area contributed by atoms with Crippen LogP contribution in [-0.2, 0) is 21.4 Å². The van der Waals surface area contributed by atoms with E-state index in [1.54, 1.807) is 0 Å². The lowest BCUT2D eigenvalue weighted by atomic mass is 9.85. The van der Waals surface area contributed by atoms with E-state index in [2.05, 4.69) is 36.0 Å². The number of benzene rings is 1. The minimum atomic E-state index is -0.546. The minimum absolute atomic E-state index is 0.0498. The quantitative estimate of drug-likeness (QED) is 0.753. The van der Waals surface area contributed by atoms with E-state index in [0.717, 1.165) is 22.2 Å². The number of aromatic nitrogens is 1. The zero-order valence-corrected chi connectivity index (χ0v) is 13.4. The molecule has 120 valence electrons. The smallest absolute Gasteiger partial charge is 0.243 e. The summed E-state index contributed by atoms with van der Waals surface area (Å²) in [6, 6.07) is 7.45. The summed E-state index contributed by atoms with van der Waals surface area (Å²) in [7, 11) is 0. The number of rotatable bonds is 4. The van der Waals surface area contributed by atoms with Gasteiger partial charge in [-0.25, -0.2) is 0 Å². The van der Waals surface area contributed by atoms with Gasteiger partial charge in [0.2, 0.25) is 11.8 Å². The number of nitrogens with one attached hydrogen (secondary N) is 3. The van der Waals surface area contributed by atoms with Gasteiger partial charge in [0.25, 0.3) is 0 Å². The lowest BCUT2D eigenvalue weighted by molar-refractivity contribution is -0.133. The van der Waals surface area contributed by atoms with E-state index in [1.807, 2.05) is 30.3 Å². The van der Waals surface area contributed by atoms with E-state index < -0.39 is 6.04 Å². The number of amides is 2. The van der Waals surface area contributed by atoms with Crippen LogP contribution in [0.15, 0.2) is 36.9 Å². The zero-order valence-electron chi connectivity index (χ0n) is 13.4. The molecule has 0 aliphatic carbocycles. The molecular weight excluding hydrogens is 290 g/mol. The molecule has 2 heterocycles. The monoisotopic (exact) mass is 311 g/mol. The fourth-order valence-corrected chi connectivity index (χ4v) is 3.01. The summed E-state index contributed by atoms with van der Waals surface area (Å²) < 4.78 is 0. The number of fused-ring (bicyclic) bond motifs is 1. The molecule has 0 bridgehead atoms. The van der Waals surface area contributed by atoms with Gasteiger partial charge in [-0.3, -0.25) is 9.59 Å². The molecule has 0 spiro atoms. The Bertz CT molecular complexity index is 789. The summed E-state index contributed by atoms with van der Waals surface area (Å²) in [5.74, 6) is -0.295. The normalized spacial score (nSPS) is 18.6. The van der Waals surface area contributed by atoms with Crippen LogP contribution in [0.1, 0.15) is 25.1 Å². The van der Waals surface area contributed by atoms with Crippen LogP contribution in [0.5, 0.6) is 0 Å². The number of allylic oxidation sites excluding steroid dienone is 1. The summed E-state index contributed by atoms with van der Waals surface area (Å²) in [6.07, 6.45) is 2.34. The second-order valence-corrected chi connectivity index (χ2v) is 6.49. The average molecular weight is 311 g/mol. The van der Waals surface area contributed by atoms with Gasteiger partial charge in [0.1, 0.15) is 6.04 Å². The molecule has 3 N–H and O–H groups in total. The van der Waals surface area contributed by atoms with Gasteiger partial charge < -0.3 is 15.6 Å². The van der Waals surface area contributed by atoms with Crippen molar-refractivity contribution in [2.75, 3.05) is 6.54 Å². The number of aromatic amines is 1. The minimum Gasteiger partial charge on any atom is -0.357 e. The maximum Gasteiger partial charge on any atom is 0.243 e. The van der Waals surface area contributed by atoms with Crippen LogP contribution in [0.2, 0.25) is 0 Å². The molecule has 1 saturated heterocycles. The molecule has 0 radical (unpaired) electrons. The molecule has 1 atom stereocenters. The highest BCUT2D eigenvalue weighted by Crippen LogP contribution is 2.33. The molecule has 23 heavy (non-hydrogen) atoms. The molecular formula is C18H21N3O2. The van der Waals surface area contributed by atoms with Gasteiger partial charge in [-0.05, 0) is 11.6 Å². The van der Waals surface area contributed by atoms with Gasteiger partial charge in [-0.15, -0.1) is 6.58 Å². The molecule has 5 nitrogen and oxygen atoms in total. The molecule has 5 heteroatoms. The maximum absolute atomic E-state index is 12.1. The Labute approximate surface area is 135 Å². The standard InChI is InChI=1S/C18H21N3O2/c1-4-18(2,3)16-12(11-7-5-6-8-13(11)21-16)9-14-17(23)19-10-15(22)20-14/h4-8,14,21H,1,9-10H2,2-3H3,(H,19,23)(H,20,22)/t14-/m0/s1. The number of piperazine rings is 1. The maximum atomic E-state index is 12.1. The van der Waals surface area contributed by atoms with E-state index in [1.165, 1.54) is 0 Å². The molecule has 2 amide bonds. The van der Waals surface area contributed by atoms with Crippen molar-refractivity contribution in [3.63, 3.8) is 0 Å². The predicted octanol–water partition coefficient (Wildman–Crippen LogP) is 1.79. The second kappa shape index (κ2) is 5.57. The second-order valence-electron chi connectivity index (χ2n) is 6.49. The van der Waals surface area contributed by atoms with Crippen LogP contribution in [0, 0.1) is 0 Å². The van der Waals surface area contributed by atoms with Crippen LogP contribution in [-0.4, -0.2) is 29.4 Å². The molecule has 1 aliphatic heterocycles. The Morgan fingerprint density at radius 2 is 2.04 bits per heavy atom. The third-order valence-corrected chi connectivity index (χ3v) is 4.45. The van der Waals surface area contributed by atoms with Gasteiger partial charge in [0.15, 0.2) is 0 Å². The summed E-state index contributed by atoms with van der Waals surface area (Å²) in [5.41, 5.74) is 2.84. The van der Waals surface area contributed by atoms with Gasteiger partial charge in [-0.1, -0.05) is 38.1 Å². The molecule has 1 aromatic carbocycles. The van der Waals surface area contributed by atoms with Crippen molar-refractivity contribution in [1.82, 2.24) is 15.6 Å². The third-order valence-electron chi connectivity index (χ3n) is 4.45. The van der Waals surface area contributed by atoms with Crippen molar-refractivity contribution < 1.29 is 9.59 Å². The molecule has 1 aliphatic rings. The Morgan fingerprint density at radius 3 is 2.78 bits per heavy atom. The fraction of sp³-hybridized carbons (Fsp3) is 0.333. The van der Waals surface area contributed by atoms with Crippen molar-refractivity contribution in [2.24, 2.45) is 0 Å². The number of carbonyl (C=O) groups is 2. The van der Waals surface area contributed by atoms with Crippen molar-refractivity contribution in [3.05, 3.63) is 48.2 Å². The number of carbonyl (C=O) groups excluding carboxylic acids is 2. The number of hydrogen-bond acceptors (Lipinski definition) is 2. The SMILES string of the molecule is C=CC(C)(C)c1[nH]c2ccccc2c1C[C@@H]1NC(=O)CNC1=O. The number of para-hydroxylation sites is 1. The molecule has 2 aromatic rings. The first-order chi connectivity index (χ1) is 10.9. The first-order valence-electron chi connectivity index (χ1n) is 7.73. The summed E-state index contributed by atoms with van der Waals surface area (Å²) in [5, 5.41) is 6.48. The lowest BCUT2D eigenvalue weighted by Crippen LogP contribution is -2.57. The van der Waals surface area contributed by atoms with Crippen molar-refractivity contribution >= 4 is 22.7 Å². The summed E-state index contributed by atoms with van der Waals surface area (Å²) in [6.45, 7) is 8.13. The molecule has 0 unspecified atom stereocenters. The molecule has 3 rings (SSSR count). The van der Waals surface area contributed by atoms with Crippen molar-refractivity contribution in [2.45, 2.75) is 31.7 Å². The predicted molar refractivity (Wildman–Crippen MR) is 90.2 cm³/mol. The Morgan fingerprint density at radius 1 is 1.30 bits per heavy atom. The first-order valence-corrected chi connectivity index (χ1v) is 7.73. The summed E-state index contributed by atoms with van der Waals surface area (Å²) >= 11 is 0. The van der Waals surface area contributed by atoms with Crippen LogP contribution >= 0.6 is 0 Å². The van der Waals surface area contributed by atoms with Crippen LogP contribution in [0.3, 0.4) is 0 Å². The largest absolute Gasteiger partial charge is 0.357 e.